The minimum atomic E-state index is -1.07. The van der Waals surface area contributed by atoms with E-state index in [1.54, 1.807) is 0 Å². The number of carboxylic acids is 1. The third kappa shape index (κ3) is 7.62. The first kappa shape index (κ1) is 21.8. The summed E-state index contributed by atoms with van der Waals surface area (Å²) in [6.45, 7) is 0.380. The maximum atomic E-state index is 12.5. The fraction of sp³-hybridized carbons (Fsp3) is 0.333. The number of aliphatic hydroxyl groups is 1. The molecule has 150 valence electrons. The first-order valence-electron chi connectivity index (χ1n) is 9.15. The predicted molar refractivity (Wildman–Crippen MR) is 111 cm³/mol. The summed E-state index contributed by atoms with van der Waals surface area (Å²) in [6.07, 6.45) is 0.634. The molecule has 7 heteroatoms. The molecular formula is C21H26N2O4S. The fourth-order valence-electron chi connectivity index (χ4n) is 2.63. The molecule has 2 aromatic carbocycles. The average molecular weight is 403 g/mol. The zero-order chi connectivity index (χ0) is 20.2. The number of amides is 2. The molecule has 0 heterocycles. The first-order valence-corrected chi connectivity index (χ1v) is 10.3. The van der Waals surface area contributed by atoms with Gasteiger partial charge in [0, 0.05) is 24.6 Å². The summed E-state index contributed by atoms with van der Waals surface area (Å²) in [6, 6.07) is 18.0. The number of hydrogen-bond acceptors (Lipinski definition) is 4. The molecule has 0 radical (unpaired) electrons. The van der Waals surface area contributed by atoms with E-state index in [1.165, 1.54) is 16.7 Å². The molecule has 0 aliphatic heterocycles. The van der Waals surface area contributed by atoms with Crippen LogP contribution in [0.5, 0.6) is 0 Å². The Morgan fingerprint density at radius 2 is 1.57 bits per heavy atom. The SMILES string of the molecule is O=C(O)C(CSCc1ccccc1)NC(=O)N(CCO)CCc1ccccc1. The molecule has 2 rings (SSSR count). The van der Waals surface area contributed by atoms with E-state index in [2.05, 4.69) is 5.32 Å². The molecule has 6 nitrogen and oxygen atoms in total. The van der Waals surface area contributed by atoms with Crippen LogP contribution >= 0.6 is 11.8 Å². The molecule has 0 aliphatic carbocycles. The topological polar surface area (TPSA) is 89.9 Å². The number of aliphatic hydroxyl groups excluding tert-OH is 1. The number of nitrogens with zero attached hydrogens (tertiary/aromatic N) is 1. The van der Waals surface area contributed by atoms with Gasteiger partial charge >= 0.3 is 12.0 Å². The number of nitrogens with one attached hydrogen (secondary N) is 1. The highest BCUT2D eigenvalue weighted by atomic mass is 32.2. The van der Waals surface area contributed by atoms with Crippen molar-refractivity contribution in [1.82, 2.24) is 10.2 Å². The Kier molecular flexibility index (Phi) is 9.37. The van der Waals surface area contributed by atoms with Crippen LogP contribution in [-0.2, 0) is 17.0 Å². The molecule has 0 saturated carbocycles. The van der Waals surface area contributed by atoms with Crippen LogP contribution in [0.15, 0.2) is 60.7 Å². The maximum Gasteiger partial charge on any atom is 0.327 e. The van der Waals surface area contributed by atoms with E-state index < -0.39 is 18.0 Å². The molecule has 0 aromatic heterocycles. The van der Waals surface area contributed by atoms with Gasteiger partial charge in [-0.05, 0) is 17.5 Å². The number of carboxylic acid groups (broad SMARTS) is 1. The number of hydrogen-bond donors (Lipinski definition) is 3. The quantitative estimate of drug-likeness (QED) is 0.538. The minimum Gasteiger partial charge on any atom is -0.480 e. The number of thioether (sulfide) groups is 1. The zero-order valence-corrected chi connectivity index (χ0v) is 16.5. The van der Waals surface area contributed by atoms with Gasteiger partial charge in [0.05, 0.1) is 6.61 Å². The van der Waals surface area contributed by atoms with Crippen molar-refractivity contribution in [2.24, 2.45) is 0 Å². The molecule has 2 amide bonds. The van der Waals surface area contributed by atoms with E-state index in [0.29, 0.717) is 18.7 Å². The summed E-state index contributed by atoms with van der Waals surface area (Å²) in [5.41, 5.74) is 2.18. The Hall–Kier alpha value is -2.51. The summed E-state index contributed by atoms with van der Waals surface area (Å²) >= 11 is 1.46. The Bertz CT molecular complexity index is 728. The molecule has 2 aromatic rings. The fourth-order valence-corrected chi connectivity index (χ4v) is 3.64. The number of carbonyl (C=O) groups excluding carboxylic acids is 1. The number of benzene rings is 2. The van der Waals surface area contributed by atoms with Gasteiger partial charge in [-0.2, -0.15) is 11.8 Å². The van der Waals surface area contributed by atoms with Gasteiger partial charge < -0.3 is 20.4 Å². The second kappa shape index (κ2) is 12.0. The average Bonchev–Trinajstić information content (AvgIpc) is 2.71. The monoisotopic (exact) mass is 402 g/mol. The van der Waals surface area contributed by atoms with Crippen LogP contribution in [0.2, 0.25) is 0 Å². The van der Waals surface area contributed by atoms with Gasteiger partial charge in [0.2, 0.25) is 0 Å². The van der Waals surface area contributed by atoms with Crippen molar-refractivity contribution in [3.63, 3.8) is 0 Å². The van der Waals surface area contributed by atoms with Crippen molar-refractivity contribution >= 4 is 23.8 Å². The van der Waals surface area contributed by atoms with Crippen LogP contribution in [0, 0.1) is 0 Å². The van der Waals surface area contributed by atoms with Crippen LogP contribution < -0.4 is 5.32 Å². The van der Waals surface area contributed by atoms with Gasteiger partial charge in [0.1, 0.15) is 6.04 Å². The van der Waals surface area contributed by atoms with Crippen LogP contribution in [0.4, 0.5) is 4.79 Å². The Morgan fingerprint density at radius 1 is 0.964 bits per heavy atom. The van der Waals surface area contributed by atoms with Crippen molar-refractivity contribution in [2.45, 2.75) is 18.2 Å². The van der Waals surface area contributed by atoms with E-state index in [0.717, 1.165) is 11.1 Å². The largest absolute Gasteiger partial charge is 0.480 e. The highest BCUT2D eigenvalue weighted by Gasteiger charge is 2.23. The van der Waals surface area contributed by atoms with Crippen molar-refractivity contribution < 1.29 is 19.8 Å². The van der Waals surface area contributed by atoms with Gasteiger partial charge in [-0.3, -0.25) is 0 Å². The van der Waals surface area contributed by atoms with Crippen molar-refractivity contribution in [1.29, 1.82) is 0 Å². The van der Waals surface area contributed by atoms with Gasteiger partial charge in [0.25, 0.3) is 0 Å². The molecule has 3 N–H and O–H groups in total. The van der Waals surface area contributed by atoms with Crippen LogP contribution in [0.3, 0.4) is 0 Å². The smallest absolute Gasteiger partial charge is 0.327 e. The second-order valence-electron chi connectivity index (χ2n) is 6.29. The van der Waals surface area contributed by atoms with Crippen molar-refractivity contribution in [2.75, 3.05) is 25.4 Å². The molecule has 0 spiro atoms. The second-order valence-corrected chi connectivity index (χ2v) is 7.32. The first-order chi connectivity index (χ1) is 13.6. The third-order valence-electron chi connectivity index (χ3n) is 4.16. The number of aliphatic carboxylic acids is 1. The third-order valence-corrected chi connectivity index (χ3v) is 5.27. The summed E-state index contributed by atoms with van der Waals surface area (Å²) < 4.78 is 0. The van der Waals surface area contributed by atoms with Crippen molar-refractivity contribution in [3.05, 3.63) is 71.8 Å². The molecule has 0 aliphatic rings. The van der Waals surface area contributed by atoms with E-state index in [9.17, 15) is 19.8 Å². The molecule has 0 bridgehead atoms. The summed E-state index contributed by atoms with van der Waals surface area (Å²) in [5, 5.41) is 21.3. The standard InChI is InChI=1S/C21H26N2O4S/c24-14-13-23(12-11-17-7-3-1-4-8-17)21(27)22-19(20(25)26)16-28-15-18-9-5-2-6-10-18/h1-10,19,24H,11-16H2,(H,22,27)(H,25,26). The maximum absolute atomic E-state index is 12.5. The van der Waals surface area contributed by atoms with Gasteiger partial charge in [-0.1, -0.05) is 60.7 Å². The summed E-state index contributed by atoms with van der Waals surface area (Å²) in [4.78, 5) is 25.5. The van der Waals surface area contributed by atoms with Crippen LogP contribution in [-0.4, -0.2) is 58.6 Å². The number of rotatable bonds is 11. The molecule has 28 heavy (non-hydrogen) atoms. The van der Waals surface area contributed by atoms with Crippen LogP contribution in [0.25, 0.3) is 0 Å². The van der Waals surface area contributed by atoms with Gasteiger partial charge in [-0.15, -0.1) is 0 Å². The molecule has 0 saturated heterocycles. The summed E-state index contributed by atoms with van der Waals surface area (Å²) in [7, 11) is 0. The van der Waals surface area contributed by atoms with Crippen LogP contribution in [0.1, 0.15) is 11.1 Å². The molecular weight excluding hydrogens is 376 g/mol. The van der Waals surface area contributed by atoms with E-state index in [1.807, 2.05) is 60.7 Å². The van der Waals surface area contributed by atoms with E-state index in [4.69, 9.17) is 0 Å². The molecule has 1 atom stereocenters. The van der Waals surface area contributed by atoms with Gasteiger partial charge in [-0.25, -0.2) is 9.59 Å². The Balaban J connectivity index is 1.87. The number of carbonyl (C=O) groups is 2. The zero-order valence-electron chi connectivity index (χ0n) is 15.7. The molecule has 1 unspecified atom stereocenters. The highest BCUT2D eigenvalue weighted by Crippen LogP contribution is 2.13. The van der Waals surface area contributed by atoms with Crippen molar-refractivity contribution in [3.8, 4) is 0 Å². The lowest BCUT2D eigenvalue weighted by atomic mass is 10.1. The Morgan fingerprint density at radius 3 is 2.14 bits per heavy atom. The normalized spacial score (nSPS) is 11.6. The lowest BCUT2D eigenvalue weighted by Crippen LogP contribution is -2.50. The minimum absolute atomic E-state index is 0.155. The highest BCUT2D eigenvalue weighted by molar-refractivity contribution is 7.98. The van der Waals surface area contributed by atoms with E-state index in [-0.39, 0.29) is 18.9 Å². The summed E-state index contributed by atoms with van der Waals surface area (Å²) in [5.74, 6) is -0.128. The lowest BCUT2D eigenvalue weighted by Gasteiger charge is -2.24. The van der Waals surface area contributed by atoms with Gasteiger partial charge in [0.15, 0.2) is 0 Å². The molecule has 0 fully saturated rings. The Labute approximate surface area is 169 Å². The lowest BCUT2D eigenvalue weighted by molar-refractivity contribution is -0.138. The van der Waals surface area contributed by atoms with E-state index >= 15 is 0 Å². The number of urea groups is 1. The predicted octanol–water partition coefficient (Wildman–Crippen LogP) is 2.62.